The second-order valence-electron chi connectivity index (χ2n) is 4.72. The molecule has 19 heavy (non-hydrogen) atoms. The molecule has 0 aliphatic carbocycles. The summed E-state index contributed by atoms with van der Waals surface area (Å²) in [7, 11) is 3.06. The molecule has 0 radical (unpaired) electrons. The molecule has 1 amide bonds. The topological polar surface area (TPSA) is 73.6 Å². The average molecular weight is 287 g/mol. The van der Waals surface area contributed by atoms with Gasteiger partial charge in [-0.15, -0.1) is 0 Å². The lowest BCUT2D eigenvalue weighted by Crippen LogP contribution is -2.39. The largest absolute Gasteiger partial charge is 0.496 e. The molecule has 0 bridgehead atoms. The van der Waals surface area contributed by atoms with Gasteiger partial charge in [0.2, 0.25) is 0 Å². The Balaban J connectivity index is 2.91. The lowest BCUT2D eigenvalue weighted by Gasteiger charge is -2.23. The molecule has 0 saturated carbocycles. The standard InChI is InChI=1S/C13H19ClN2O3/c1-13(2,19-4)7-16-12(17)8-5-9(14)10(15)6-11(8)18-3/h5-6H,7,15H2,1-4H3,(H,16,17). The highest BCUT2D eigenvalue weighted by Crippen LogP contribution is 2.28. The smallest absolute Gasteiger partial charge is 0.255 e. The van der Waals surface area contributed by atoms with Crippen LogP contribution in [0.2, 0.25) is 5.02 Å². The first kappa shape index (κ1) is 15.6. The highest BCUT2D eigenvalue weighted by molar-refractivity contribution is 6.33. The number of methoxy groups -OCH3 is 2. The van der Waals surface area contributed by atoms with Crippen LogP contribution in [0, 0.1) is 0 Å². The van der Waals surface area contributed by atoms with E-state index < -0.39 is 5.60 Å². The van der Waals surface area contributed by atoms with E-state index in [4.69, 9.17) is 26.8 Å². The quantitative estimate of drug-likeness (QED) is 0.813. The van der Waals surface area contributed by atoms with Crippen LogP contribution in [0.1, 0.15) is 24.2 Å². The van der Waals surface area contributed by atoms with Crippen LogP contribution in [0.25, 0.3) is 0 Å². The molecule has 0 aliphatic rings. The number of carbonyl (C=O) groups is 1. The number of halogens is 1. The van der Waals surface area contributed by atoms with E-state index in [0.29, 0.717) is 28.6 Å². The molecular formula is C13H19ClN2O3. The summed E-state index contributed by atoms with van der Waals surface area (Å²) >= 11 is 5.92. The fraction of sp³-hybridized carbons (Fsp3) is 0.462. The number of nitrogen functional groups attached to an aromatic ring is 1. The number of nitrogens with two attached hydrogens (primary N) is 1. The molecule has 1 aromatic carbocycles. The van der Waals surface area contributed by atoms with E-state index in [1.165, 1.54) is 19.2 Å². The molecule has 106 valence electrons. The predicted octanol–water partition coefficient (Wildman–Crippen LogP) is 2.09. The summed E-state index contributed by atoms with van der Waals surface area (Å²) in [6.07, 6.45) is 0. The van der Waals surface area contributed by atoms with E-state index in [-0.39, 0.29) is 5.91 Å². The minimum Gasteiger partial charge on any atom is -0.496 e. The Bertz CT molecular complexity index is 475. The van der Waals surface area contributed by atoms with Crippen molar-refractivity contribution in [2.24, 2.45) is 0 Å². The Morgan fingerprint density at radius 3 is 2.58 bits per heavy atom. The van der Waals surface area contributed by atoms with Crippen LogP contribution in [-0.4, -0.2) is 32.3 Å². The van der Waals surface area contributed by atoms with Crippen LogP contribution < -0.4 is 15.8 Å². The third-order valence-electron chi connectivity index (χ3n) is 2.79. The van der Waals surface area contributed by atoms with Gasteiger partial charge in [-0.05, 0) is 19.9 Å². The first-order chi connectivity index (χ1) is 8.80. The van der Waals surface area contributed by atoms with Crippen molar-refractivity contribution in [1.82, 2.24) is 5.32 Å². The Morgan fingerprint density at radius 2 is 2.05 bits per heavy atom. The second-order valence-corrected chi connectivity index (χ2v) is 5.13. The zero-order chi connectivity index (χ0) is 14.6. The number of nitrogens with one attached hydrogen (secondary N) is 1. The molecule has 6 heteroatoms. The molecule has 5 nitrogen and oxygen atoms in total. The zero-order valence-corrected chi connectivity index (χ0v) is 12.3. The van der Waals surface area contributed by atoms with Crippen LogP contribution in [0.4, 0.5) is 5.69 Å². The molecule has 0 aliphatic heterocycles. The van der Waals surface area contributed by atoms with Gasteiger partial charge < -0.3 is 20.5 Å². The number of rotatable bonds is 5. The predicted molar refractivity (Wildman–Crippen MR) is 75.8 cm³/mol. The maximum absolute atomic E-state index is 12.1. The van der Waals surface area contributed by atoms with Gasteiger partial charge >= 0.3 is 0 Å². The Kier molecular flexibility index (Phi) is 5.03. The molecule has 0 aromatic heterocycles. The monoisotopic (exact) mass is 286 g/mol. The highest BCUT2D eigenvalue weighted by Gasteiger charge is 2.20. The number of benzene rings is 1. The lowest BCUT2D eigenvalue weighted by molar-refractivity contribution is 0.0228. The fourth-order valence-corrected chi connectivity index (χ4v) is 1.54. The molecule has 1 rings (SSSR count). The van der Waals surface area contributed by atoms with Gasteiger partial charge in [0.25, 0.3) is 5.91 Å². The number of anilines is 1. The molecule has 0 heterocycles. The molecule has 0 atom stereocenters. The van der Waals surface area contributed by atoms with Crippen molar-refractivity contribution < 1.29 is 14.3 Å². The maximum atomic E-state index is 12.1. The van der Waals surface area contributed by atoms with Gasteiger partial charge in [0, 0.05) is 19.7 Å². The van der Waals surface area contributed by atoms with Crippen LogP contribution in [0.15, 0.2) is 12.1 Å². The van der Waals surface area contributed by atoms with Crippen molar-refractivity contribution in [3.8, 4) is 5.75 Å². The Hall–Kier alpha value is -1.46. The van der Waals surface area contributed by atoms with E-state index in [1.807, 2.05) is 13.8 Å². The van der Waals surface area contributed by atoms with Crippen molar-refractivity contribution in [3.63, 3.8) is 0 Å². The molecule has 0 unspecified atom stereocenters. The van der Waals surface area contributed by atoms with Crippen molar-refractivity contribution in [1.29, 1.82) is 0 Å². The Morgan fingerprint density at radius 1 is 1.42 bits per heavy atom. The molecule has 0 saturated heterocycles. The van der Waals surface area contributed by atoms with E-state index in [0.717, 1.165) is 0 Å². The third kappa shape index (κ3) is 4.01. The first-order valence-electron chi connectivity index (χ1n) is 5.77. The molecule has 0 fully saturated rings. The Labute approximate surface area is 118 Å². The summed E-state index contributed by atoms with van der Waals surface area (Å²) in [5.41, 5.74) is 5.93. The van der Waals surface area contributed by atoms with E-state index in [2.05, 4.69) is 5.32 Å². The normalized spacial score (nSPS) is 11.2. The molecule has 3 N–H and O–H groups in total. The first-order valence-corrected chi connectivity index (χ1v) is 6.15. The SMILES string of the molecule is COc1cc(N)c(Cl)cc1C(=O)NCC(C)(C)OC. The summed E-state index contributed by atoms with van der Waals surface area (Å²) < 4.78 is 10.4. The van der Waals surface area contributed by atoms with Crippen molar-refractivity contribution in [2.45, 2.75) is 19.4 Å². The highest BCUT2D eigenvalue weighted by atomic mass is 35.5. The van der Waals surface area contributed by atoms with Gasteiger partial charge in [-0.2, -0.15) is 0 Å². The van der Waals surface area contributed by atoms with Crippen molar-refractivity contribution >= 4 is 23.2 Å². The summed E-state index contributed by atoms with van der Waals surface area (Å²) in [5.74, 6) is 0.0958. The second kappa shape index (κ2) is 6.12. The number of hydrogen-bond acceptors (Lipinski definition) is 4. The number of amides is 1. The van der Waals surface area contributed by atoms with Crippen LogP contribution in [0.5, 0.6) is 5.75 Å². The lowest BCUT2D eigenvalue weighted by atomic mass is 10.1. The van der Waals surface area contributed by atoms with Crippen molar-refractivity contribution in [2.75, 3.05) is 26.5 Å². The van der Waals surface area contributed by atoms with E-state index in [9.17, 15) is 4.79 Å². The van der Waals surface area contributed by atoms with E-state index >= 15 is 0 Å². The van der Waals surface area contributed by atoms with Gasteiger partial charge in [0.15, 0.2) is 0 Å². The van der Waals surface area contributed by atoms with Crippen LogP contribution in [0.3, 0.4) is 0 Å². The van der Waals surface area contributed by atoms with Crippen molar-refractivity contribution in [3.05, 3.63) is 22.7 Å². The molecule has 0 spiro atoms. The average Bonchev–Trinajstić information content (AvgIpc) is 2.38. The van der Waals surface area contributed by atoms with Gasteiger partial charge in [0.1, 0.15) is 5.75 Å². The van der Waals surface area contributed by atoms with E-state index in [1.54, 1.807) is 7.11 Å². The van der Waals surface area contributed by atoms with Gasteiger partial charge in [-0.25, -0.2) is 0 Å². The minimum atomic E-state index is -0.444. The number of hydrogen-bond donors (Lipinski definition) is 2. The summed E-state index contributed by atoms with van der Waals surface area (Å²) in [6.45, 7) is 4.12. The van der Waals surface area contributed by atoms with Gasteiger partial charge in [0.05, 0.1) is 29.0 Å². The number of ether oxygens (including phenoxy) is 2. The molecule has 1 aromatic rings. The van der Waals surface area contributed by atoms with Gasteiger partial charge in [-0.3, -0.25) is 4.79 Å². The van der Waals surface area contributed by atoms with Crippen LogP contribution >= 0.6 is 11.6 Å². The van der Waals surface area contributed by atoms with Gasteiger partial charge in [-0.1, -0.05) is 11.6 Å². The third-order valence-corrected chi connectivity index (χ3v) is 3.12. The summed E-state index contributed by atoms with van der Waals surface area (Å²) in [4.78, 5) is 12.1. The molecular weight excluding hydrogens is 268 g/mol. The zero-order valence-electron chi connectivity index (χ0n) is 11.5. The summed E-state index contributed by atoms with van der Waals surface area (Å²) in [6, 6.07) is 3.02. The maximum Gasteiger partial charge on any atom is 0.255 e. The van der Waals surface area contributed by atoms with Crippen LogP contribution in [-0.2, 0) is 4.74 Å². The fourth-order valence-electron chi connectivity index (χ4n) is 1.38. The number of carbonyl (C=O) groups excluding carboxylic acids is 1. The summed E-state index contributed by atoms with van der Waals surface area (Å²) in [5, 5.41) is 3.08. The minimum absolute atomic E-state index is 0.288.